The van der Waals surface area contributed by atoms with Gasteiger partial charge in [-0.3, -0.25) is 0 Å². The van der Waals surface area contributed by atoms with E-state index in [0.29, 0.717) is 18.7 Å². The first kappa shape index (κ1) is 22.9. The summed E-state index contributed by atoms with van der Waals surface area (Å²) in [5.41, 5.74) is 2.67. The number of ether oxygens (including phenoxy) is 2. The zero-order valence-electron chi connectivity index (χ0n) is 19.8. The van der Waals surface area contributed by atoms with Gasteiger partial charge in [0.05, 0.1) is 12.7 Å². The Labute approximate surface area is 197 Å². The molecule has 0 bridgehead atoms. The molecule has 34 heavy (non-hydrogen) atoms. The Morgan fingerprint density at radius 1 is 1.09 bits per heavy atom. The number of anilines is 1. The van der Waals surface area contributed by atoms with Crippen LogP contribution in [-0.2, 0) is 17.3 Å². The number of carbonyl (C=O) groups is 1. The lowest BCUT2D eigenvalue weighted by molar-refractivity contribution is -0.137. The highest BCUT2D eigenvalue weighted by Gasteiger charge is 2.46. The van der Waals surface area contributed by atoms with Crippen molar-refractivity contribution in [3.05, 3.63) is 47.0 Å². The molecule has 0 aromatic heterocycles. The highest BCUT2D eigenvalue weighted by atomic mass is 19.4. The number of carbonyl (C=O) groups excluding carboxylic acids is 1. The molecule has 1 saturated heterocycles. The van der Waals surface area contributed by atoms with Crippen LogP contribution in [0.25, 0.3) is 11.1 Å². The Hall–Kier alpha value is -2.90. The summed E-state index contributed by atoms with van der Waals surface area (Å²) in [4.78, 5) is 16.9. The lowest BCUT2D eigenvalue weighted by Crippen LogP contribution is -2.49. The number of hydrogen-bond donors (Lipinski definition) is 0. The minimum atomic E-state index is -4.50. The summed E-state index contributed by atoms with van der Waals surface area (Å²) in [6, 6.07) is 8.17. The Morgan fingerprint density at radius 2 is 1.85 bits per heavy atom. The summed E-state index contributed by atoms with van der Waals surface area (Å²) >= 11 is 0. The van der Waals surface area contributed by atoms with E-state index in [0.717, 1.165) is 42.3 Å². The summed E-state index contributed by atoms with van der Waals surface area (Å²) in [6.45, 7) is 7.49. The normalized spacial score (nSPS) is 21.4. The molecule has 182 valence electrons. The standard InChI is InChI=1S/C26H29F3N2O3/c1-25(2,3)34-24(32)30-9-8-22-20(14-30)19-12-16(11-15-7-10-31(22)23(15)19)18-6-5-17(33-4)13-21(18)26(27,28)29/h5-6,11-13,20,22H,7-10,14H2,1-4H3/t20-,22-/m0/s1. The maximum atomic E-state index is 13.9. The van der Waals surface area contributed by atoms with Gasteiger partial charge in [0, 0.05) is 37.3 Å². The number of piperidine rings is 1. The largest absolute Gasteiger partial charge is 0.497 e. The number of nitrogens with zero attached hydrogens (tertiary/aromatic N) is 2. The number of halogens is 3. The molecule has 3 heterocycles. The molecule has 5 nitrogen and oxygen atoms in total. The minimum Gasteiger partial charge on any atom is -0.497 e. The van der Waals surface area contributed by atoms with Crippen molar-refractivity contribution >= 4 is 11.8 Å². The van der Waals surface area contributed by atoms with Gasteiger partial charge in [0.25, 0.3) is 0 Å². The summed E-state index contributed by atoms with van der Waals surface area (Å²) in [5, 5.41) is 0. The van der Waals surface area contributed by atoms with E-state index in [1.165, 1.54) is 13.2 Å². The van der Waals surface area contributed by atoms with Crippen LogP contribution in [-0.4, -0.2) is 49.4 Å². The number of alkyl halides is 3. The van der Waals surface area contributed by atoms with Gasteiger partial charge in [-0.2, -0.15) is 13.2 Å². The SMILES string of the molecule is COc1ccc(-c2cc3c4c(c2)[C@@H]2CN(C(=O)OC(C)(C)C)CC[C@@H]2N4CC3)c(C(F)(F)F)c1. The average Bonchev–Trinajstić information content (AvgIpc) is 3.33. The molecular weight excluding hydrogens is 445 g/mol. The first-order valence-corrected chi connectivity index (χ1v) is 11.6. The van der Waals surface area contributed by atoms with Crippen molar-refractivity contribution in [3.63, 3.8) is 0 Å². The van der Waals surface area contributed by atoms with Crippen molar-refractivity contribution < 1.29 is 27.4 Å². The summed E-state index contributed by atoms with van der Waals surface area (Å²) in [6.07, 6.45) is -3.22. The monoisotopic (exact) mass is 474 g/mol. The van der Waals surface area contributed by atoms with Crippen LogP contribution in [0, 0.1) is 0 Å². The second kappa shape index (κ2) is 7.82. The van der Waals surface area contributed by atoms with Crippen LogP contribution < -0.4 is 9.64 Å². The first-order valence-electron chi connectivity index (χ1n) is 11.6. The molecule has 0 unspecified atom stereocenters. The molecule has 1 amide bonds. The second-order valence-electron chi connectivity index (χ2n) is 10.3. The number of methoxy groups -OCH3 is 1. The first-order chi connectivity index (χ1) is 16.0. The van der Waals surface area contributed by atoms with Crippen LogP contribution in [0.4, 0.5) is 23.7 Å². The number of likely N-dealkylation sites (tertiary alicyclic amines) is 1. The third-order valence-electron chi connectivity index (χ3n) is 7.00. The van der Waals surface area contributed by atoms with Crippen LogP contribution >= 0.6 is 0 Å². The van der Waals surface area contributed by atoms with Crippen molar-refractivity contribution in [3.8, 4) is 16.9 Å². The molecule has 2 aromatic carbocycles. The van der Waals surface area contributed by atoms with Crippen LogP contribution in [0.3, 0.4) is 0 Å². The third kappa shape index (κ3) is 3.87. The second-order valence-corrected chi connectivity index (χ2v) is 10.3. The number of hydrogen-bond acceptors (Lipinski definition) is 4. The third-order valence-corrected chi connectivity index (χ3v) is 7.00. The van der Waals surface area contributed by atoms with E-state index >= 15 is 0 Å². The highest BCUT2D eigenvalue weighted by molar-refractivity contribution is 5.80. The van der Waals surface area contributed by atoms with Crippen molar-refractivity contribution in [2.45, 2.75) is 57.3 Å². The van der Waals surface area contributed by atoms with Crippen LogP contribution in [0.5, 0.6) is 5.75 Å². The molecule has 0 saturated carbocycles. The topological polar surface area (TPSA) is 42.0 Å². The van der Waals surface area contributed by atoms with Crippen molar-refractivity contribution in [2.75, 3.05) is 31.6 Å². The van der Waals surface area contributed by atoms with Gasteiger partial charge in [0.15, 0.2) is 0 Å². The summed E-state index contributed by atoms with van der Waals surface area (Å²) in [5.74, 6) is 0.219. The molecular formula is C26H29F3N2O3. The molecule has 0 aliphatic carbocycles. The fourth-order valence-electron chi connectivity index (χ4n) is 5.63. The van der Waals surface area contributed by atoms with Gasteiger partial charge in [0.1, 0.15) is 11.4 Å². The maximum absolute atomic E-state index is 13.9. The molecule has 8 heteroatoms. The predicted molar refractivity (Wildman–Crippen MR) is 123 cm³/mol. The van der Waals surface area contributed by atoms with E-state index in [1.54, 1.807) is 11.0 Å². The van der Waals surface area contributed by atoms with E-state index in [1.807, 2.05) is 32.9 Å². The number of amides is 1. The molecule has 0 radical (unpaired) electrons. The molecule has 2 atom stereocenters. The molecule has 1 fully saturated rings. The Balaban J connectivity index is 1.54. The van der Waals surface area contributed by atoms with Crippen molar-refractivity contribution in [1.82, 2.24) is 4.90 Å². The summed E-state index contributed by atoms with van der Waals surface area (Å²) in [7, 11) is 1.36. The lowest BCUT2D eigenvalue weighted by Gasteiger charge is -2.38. The van der Waals surface area contributed by atoms with Gasteiger partial charge < -0.3 is 19.3 Å². The maximum Gasteiger partial charge on any atom is 0.417 e. The van der Waals surface area contributed by atoms with Gasteiger partial charge in [-0.1, -0.05) is 6.07 Å². The lowest BCUT2D eigenvalue weighted by atomic mass is 9.85. The average molecular weight is 475 g/mol. The van der Waals surface area contributed by atoms with E-state index in [-0.39, 0.29) is 29.4 Å². The van der Waals surface area contributed by atoms with Gasteiger partial charge in [-0.15, -0.1) is 0 Å². The highest BCUT2D eigenvalue weighted by Crippen LogP contribution is 2.51. The zero-order valence-corrected chi connectivity index (χ0v) is 19.8. The minimum absolute atomic E-state index is 0.0443. The number of rotatable bonds is 2. The molecule has 5 rings (SSSR count). The molecule has 0 spiro atoms. The van der Waals surface area contributed by atoms with Gasteiger partial charge >= 0.3 is 12.3 Å². The molecule has 0 N–H and O–H groups in total. The van der Waals surface area contributed by atoms with Crippen LogP contribution in [0.15, 0.2) is 30.3 Å². The van der Waals surface area contributed by atoms with Gasteiger partial charge in [-0.25, -0.2) is 4.79 Å². The van der Waals surface area contributed by atoms with E-state index < -0.39 is 17.3 Å². The Kier molecular flexibility index (Phi) is 5.26. The van der Waals surface area contributed by atoms with E-state index in [9.17, 15) is 18.0 Å². The van der Waals surface area contributed by atoms with Crippen LogP contribution in [0.2, 0.25) is 0 Å². The number of benzene rings is 2. The number of fused-ring (bicyclic) bond motifs is 3. The van der Waals surface area contributed by atoms with E-state index in [2.05, 4.69) is 4.90 Å². The molecule has 2 aromatic rings. The predicted octanol–water partition coefficient (Wildman–Crippen LogP) is 5.85. The molecule has 3 aliphatic heterocycles. The smallest absolute Gasteiger partial charge is 0.417 e. The Bertz CT molecular complexity index is 1140. The fraction of sp³-hybridized carbons (Fsp3) is 0.500. The van der Waals surface area contributed by atoms with E-state index in [4.69, 9.17) is 9.47 Å². The zero-order chi connectivity index (χ0) is 24.4. The Morgan fingerprint density at radius 3 is 2.53 bits per heavy atom. The van der Waals surface area contributed by atoms with Crippen molar-refractivity contribution in [2.24, 2.45) is 0 Å². The van der Waals surface area contributed by atoms with Crippen LogP contribution in [0.1, 0.15) is 49.8 Å². The van der Waals surface area contributed by atoms with Gasteiger partial charge in [-0.05, 0) is 80.1 Å². The molecule has 3 aliphatic rings. The summed E-state index contributed by atoms with van der Waals surface area (Å²) < 4.78 is 52.4. The van der Waals surface area contributed by atoms with Gasteiger partial charge in [0.2, 0.25) is 0 Å². The quantitative estimate of drug-likeness (QED) is 0.548. The fourth-order valence-corrected chi connectivity index (χ4v) is 5.63. The van der Waals surface area contributed by atoms with Crippen molar-refractivity contribution in [1.29, 1.82) is 0 Å².